The van der Waals surface area contributed by atoms with Crippen LogP contribution in [0.5, 0.6) is 5.75 Å². The normalized spacial score (nSPS) is 18.5. The van der Waals surface area contributed by atoms with E-state index in [-0.39, 0.29) is 17.9 Å². The molecule has 0 unspecified atom stereocenters. The molecule has 0 bridgehead atoms. The van der Waals surface area contributed by atoms with Crippen molar-refractivity contribution in [1.29, 1.82) is 0 Å². The molecule has 0 fully saturated rings. The topological polar surface area (TPSA) is 38.3 Å². The number of hydrogen-bond acceptors (Lipinski definition) is 2. The maximum atomic E-state index is 12.3. The molecule has 1 aromatic rings. The summed E-state index contributed by atoms with van der Waals surface area (Å²) < 4.78 is 5.67. The van der Waals surface area contributed by atoms with Gasteiger partial charge in [-0.3, -0.25) is 4.79 Å². The van der Waals surface area contributed by atoms with Gasteiger partial charge in [0.25, 0.3) is 0 Å². The fourth-order valence-electron chi connectivity index (χ4n) is 2.66. The predicted molar refractivity (Wildman–Crippen MR) is 85.9 cm³/mol. The van der Waals surface area contributed by atoms with Crippen LogP contribution in [0, 0.1) is 5.92 Å². The number of nitrogens with one attached hydrogen (secondary N) is 1. The number of halogens is 1. The molecule has 1 aliphatic heterocycles. The van der Waals surface area contributed by atoms with Crippen LogP contribution < -0.4 is 10.1 Å². The van der Waals surface area contributed by atoms with Gasteiger partial charge >= 0.3 is 0 Å². The molecule has 3 nitrogen and oxygen atoms in total. The predicted octanol–water partition coefficient (Wildman–Crippen LogP) is 3.98. The highest BCUT2D eigenvalue weighted by Gasteiger charge is 2.26. The van der Waals surface area contributed by atoms with E-state index in [0.29, 0.717) is 18.1 Å². The van der Waals surface area contributed by atoms with Crippen LogP contribution in [0.2, 0.25) is 5.02 Å². The standard InChI is InChI=1S/C17H24ClNO2/c1-3-4-5-6-12(2)19-17(20)14-9-13-10-15(18)7-8-16(13)21-11-14/h7-8,10,12,14H,3-6,9,11H2,1-2H3,(H,19,20)/t12-,14-/m0/s1. The molecule has 0 aromatic heterocycles. The van der Waals surface area contributed by atoms with Crippen LogP contribution in [0.25, 0.3) is 0 Å². The quantitative estimate of drug-likeness (QED) is 0.807. The summed E-state index contributed by atoms with van der Waals surface area (Å²) in [6.07, 6.45) is 5.32. The van der Waals surface area contributed by atoms with Gasteiger partial charge in [0.15, 0.2) is 0 Å². The van der Waals surface area contributed by atoms with Gasteiger partial charge in [-0.05, 0) is 43.5 Å². The molecule has 2 atom stereocenters. The maximum Gasteiger partial charge on any atom is 0.227 e. The summed E-state index contributed by atoms with van der Waals surface area (Å²) in [7, 11) is 0. The third kappa shape index (κ3) is 4.63. The molecule has 0 saturated heterocycles. The van der Waals surface area contributed by atoms with E-state index in [0.717, 1.165) is 24.2 Å². The van der Waals surface area contributed by atoms with Crippen LogP contribution in [0.15, 0.2) is 18.2 Å². The molecule has 2 rings (SSSR count). The van der Waals surface area contributed by atoms with Crippen LogP contribution in [-0.4, -0.2) is 18.6 Å². The van der Waals surface area contributed by atoms with Crippen LogP contribution in [0.3, 0.4) is 0 Å². The first-order valence-corrected chi connectivity index (χ1v) is 8.19. The zero-order valence-electron chi connectivity index (χ0n) is 12.8. The van der Waals surface area contributed by atoms with Gasteiger partial charge < -0.3 is 10.1 Å². The Labute approximate surface area is 132 Å². The second-order valence-electron chi connectivity index (χ2n) is 5.87. The Morgan fingerprint density at radius 2 is 2.29 bits per heavy atom. The number of benzene rings is 1. The van der Waals surface area contributed by atoms with Gasteiger partial charge in [0, 0.05) is 11.1 Å². The fourth-order valence-corrected chi connectivity index (χ4v) is 2.86. The van der Waals surface area contributed by atoms with Gasteiger partial charge in [0.05, 0.1) is 5.92 Å². The molecule has 1 aliphatic rings. The third-order valence-electron chi connectivity index (χ3n) is 3.93. The number of carbonyl (C=O) groups is 1. The van der Waals surface area contributed by atoms with Crippen LogP contribution in [-0.2, 0) is 11.2 Å². The molecule has 21 heavy (non-hydrogen) atoms. The lowest BCUT2D eigenvalue weighted by Crippen LogP contribution is -2.41. The molecule has 1 amide bonds. The molecular weight excluding hydrogens is 286 g/mol. The van der Waals surface area contributed by atoms with Crippen molar-refractivity contribution in [3.63, 3.8) is 0 Å². The highest BCUT2D eigenvalue weighted by atomic mass is 35.5. The Hall–Kier alpha value is -1.22. The SMILES string of the molecule is CCCCC[C@H](C)NC(=O)[C@@H]1COc2ccc(Cl)cc2C1. The van der Waals surface area contributed by atoms with Crippen molar-refractivity contribution in [1.82, 2.24) is 5.32 Å². The van der Waals surface area contributed by atoms with Gasteiger partial charge in [0.2, 0.25) is 5.91 Å². The van der Waals surface area contributed by atoms with E-state index in [1.807, 2.05) is 18.2 Å². The average Bonchev–Trinajstić information content (AvgIpc) is 2.46. The lowest BCUT2D eigenvalue weighted by atomic mass is 9.95. The third-order valence-corrected chi connectivity index (χ3v) is 4.16. The molecule has 1 heterocycles. The van der Waals surface area contributed by atoms with Crippen molar-refractivity contribution >= 4 is 17.5 Å². The monoisotopic (exact) mass is 309 g/mol. The maximum absolute atomic E-state index is 12.3. The van der Waals surface area contributed by atoms with Crippen molar-refractivity contribution < 1.29 is 9.53 Å². The minimum Gasteiger partial charge on any atom is -0.492 e. The highest BCUT2D eigenvalue weighted by molar-refractivity contribution is 6.30. The summed E-state index contributed by atoms with van der Waals surface area (Å²) >= 11 is 6.00. The Balaban J connectivity index is 1.87. The fraction of sp³-hybridized carbons (Fsp3) is 0.588. The molecule has 4 heteroatoms. The summed E-state index contributed by atoms with van der Waals surface area (Å²) in [4.78, 5) is 12.3. The second kappa shape index (κ2) is 7.69. The van der Waals surface area contributed by atoms with Crippen LogP contribution in [0.4, 0.5) is 0 Å². The zero-order chi connectivity index (χ0) is 15.2. The van der Waals surface area contributed by atoms with Gasteiger partial charge in [-0.15, -0.1) is 0 Å². The Morgan fingerprint density at radius 1 is 1.48 bits per heavy atom. The molecule has 0 aliphatic carbocycles. The van der Waals surface area contributed by atoms with Gasteiger partial charge in [0.1, 0.15) is 12.4 Å². The number of fused-ring (bicyclic) bond motifs is 1. The smallest absolute Gasteiger partial charge is 0.227 e. The van der Waals surface area contributed by atoms with Gasteiger partial charge in [-0.1, -0.05) is 37.8 Å². The van der Waals surface area contributed by atoms with Crippen LogP contribution in [0.1, 0.15) is 45.1 Å². The average molecular weight is 310 g/mol. The molecule has 0 saturated carbocycles. The van der Waals surface area contributed by atoms with Crippen molar-refractivity contribution in [3.05, 3.63) is 28.8 Å². The summed E-state index contributed by atoms with van der Waals surface area (Å²) in [5.74, 6) is 0.814. The minimum atomic E-state index is -0.121. The Kier molecular flexibility index (Phi) is 5.92. The van der Waals surface area contributed by atoms with E-state index in [2.05, 4.69) is 19.2 Å². The lowest BCUT2D eigenvalue weighted by Gasteiger charge is -2.26. The van der Waals surface area contributed by atoms with E-state index in [9.17, 15) is 4.79 Å². The molecule has 0 radical (unpaired) electrons. The van der Waals surface area contributed by atoms with Gasteiger partial charge in [-0.25, -0.2) is 0 Å². The Morgan fingerprint density at radius 3 is 3.05 bits per heavy atom. The first-order chi connectivity index (χ1) is 10.1. The molecule has 1 aromatic carbocycles. The molecule has 0 spiro atoms. The first kappa shape index (κ1) is 16.2. The van der Waals surface area contributed by atoms with Crippen molar-refractivity contribution in [2.24, 2.45) is 5.92 Å². The number of carbonyl (C=O) groups excluding carboxylic acids is 1. The summed E-state index contributed by atoms with van der Waals surface area (Å²) in [6, 6.07) is 5.81. The summed E-state index contributed by atoms with van der Waals surface area (Å²) in [6.45, 7) is 4.70. The van der Waals surface area contributed by atoms with Gasteiger partial charge in [-0.2, -0.15) is 0 Å². The van der Waals surface area contributed by atoms with E-state index < -0.39 is 0 Å². The van der Waals surface area contributed by atoms with E-state index in [1.165, 1.54) is 12.8 Å². The number of unbranched alkanes of at least 4 members (excludes halogenated alkanes) is 2. The first-order valence-electron chi connectivity index (χ1n) is 7.81. The van der Waals surface area contributed by atoms with Crippen LogP contribution >= 0.6 is 11.6 Å². The molecular formula is C17H24ClNO2. The lowest BCUT2D eigenvalue weighted by molar-refractivity contribution is -0.126. The highest BCUT2D eigenvalue weighted by Crippen LogP contribution is 2.29. The number of hydrogen-bond donors (Lipinski definition) is 1. The Bertz CT molecular complexity index is 490. The van der Waals surface area contributed by atoms with E-state index >= 15 is 0 Å². The van der Waals surface area contributed by atoms with E-state index in [4.69, 9.17) is 16.3 Å². The number of ether oxygens (including phenoxy) is 1. The minimum absolute atomic E-state index is 0.0876. The molecule has 1 N–H and O–H groups in total. The number of amides is 1. The van der Waals surface area contributed by atoms with E-state index in [1.54, 1.807) is 0 Å². The summed E-state index contributed by atoms with van der Waals surface area (Å²) in [5, 5.41) is 3.79. The zero-order valence-corrected chi connectivity index (χ0v) is 13.6. The van der Waals surface area contributed by atoms with Crippen molar-refractivity contribution in [3.8, 4) is 5.75 Å². The largest absolute Gasteiger partial charge is 0.492 e. The van der Waals surface area contributed by atoms with Crippen molar-refractivity contribution in [2.75, 3.05) is 6.61 Å². The van der Waals surface area contributed by atoms with Crippen molar-refractivity contribution in [2.45, 2.75) is 52.0 Å². The summed E-state index contributed by atoms with van der Waals surface area (Å²) in [5.41, 5.74) is 1.02. The second-order valence-corrected chi connectivity index (χ2v) is 6.31. The number of rotatable bonds is 6. The molecule has 116 valence electrons.